The Hall–Kier alpha value is -0.356. The largest absolute Gasteiger partial charge is 1.00 e. The van der Waals surface area contributed by atoms with E-state index in [1.807, 2.05) is 0 Å². The average Bonchev–Trinajstić information content (AvgIpc) is 3.22. The molecule has 0 heterocycles. The summed E-state index contributed by atoms with van der Waals surface area (Å²) in [6.45, 7) is 14.3. The molecule has 4 heteroatoms. The SMILES string of the molecule is Cc1ccc(C)c2c1C=C[CH]2[Ti+2][CH]1C(P(C(C)C)C(C)C)=Cc2ccccc21.[Cl-].[Cl-]. The van der Waals surface area contributed by atoms with Crippen LogP contribution in [0.5, 0.6) is 0 Å². The van der Waals surface area contributed by atoms with Crippen LogP contribution >= 0.6 is 7.92 Å². The Labute approximate surface area is 205 Å². The number of hydrogen-bond donors (Lipinski definition) is 0. The van der Waals surface area contributed by atoms with Crippen LogP contribution in [0.15, 0.2) is 47.8 Å². The van der Waals surface area contributed by atoms with E-state index in [1.165, 1.54) is 22.3 Å². The van der Waals surface area contributed by atoms with Crippen LogP contribution in [0.1, 0.15) is 69.5 Å². The summed E-state index contributed by atoms with van der Waals surface area (Å²) in [5, 5.41) is 1.79. The molecule has 2 atom stereocenters. The van der Waals surface area contributed by atoms with Gasteiger partial charge in [0.05, 0.1) is 0 Å². The smallest absolute Gasteiger partial charge is 1.00 e. The van der Waals surface area contributed by atoms with Crippen LogP contribution in [0.25, 0.3) is 12.2 Å². The van der Waals surface area contributed by atoms with Crippen LogP contribution in [0.2, 0.25) is 0 Å². The van der Waals surface area contributed by atoms with Crippen molar-refractivity contribution in [2.24, 2.45) is 0 Å². The first-order valence-electron chi connectivity index (χ1n) is 10.5. The molecule has 0 saturated heterocycles. The monoisotopic (exact) mass is 492 g/mol. The van der Waals surface area contributed by atoms with Crippen LogP contribution in [0.4, 0.5) is 0 Å². The van der Waals surface area contributed by atoms with Gasteiger partial charge in [0.1, 0.15) is 0 Å². The molecular weight excluding hydrogens is 462 g/mol. The molecule has 2 unspecified atom stereocenters. The maximum Gasteiger partial charge on any atom is -1.00 e. The predicted molar refractivity (Wildman–Crippen MR) is 122 cm³/mol. The van der Waals surface area contributed by atoms with E-state index in [4.69, 9.17) is 0 Å². The molecule has 0 amide bonds. The third-order valence-electron chi connectivity index (χ3n) is 6.15. The van der Waals surface area contributed by atoms with Gasteiger partial charge in [-0.15, -0.1) is 0 Å². The van der Waals surface area contributed by atoms with Gasteiger partial charge in [-0.25, -0.2) is 0 Å². The van der Waals surface area contributed by atoms with Crippen LogP contribution in [-0.2, 0) is 19.2 Å². The summed E-state index contributed by atoms with van der Waals surface area (Å²) in [6.07, 6.45) is 7.51. The van der Waals surface area contributed by atoms with Crippen molar-refractivity contribution in [3.05, 3.63) is 81.2 Å². The van der Waals surface area contributed by atoms with Gasteiger partial charge in [0.15, 0.2) is 0 Å². The van der Waals surface area contributed by atoms with E-state index >= 15 is 0 Å². The van der Waals surface area contributed by atoms with Crippen LogP contribution in [0, 0.1) is 13.8 Å². The summed E-state index contributed by atoms with van der Waals surface area (Å²) < 4.78 is 1.35. The molecule has 2 aliphatic carbocycles. The van der Waals surface area contributed by atoms with Crippen molar-refractivity contribution in [2.45, 2.75) is 61.3 Å². The fraction of sp³-hybridized carbons (Fsp3) is 0.385. The first-order valence-corrected chi connectivity index (χ1v) is 13.8. The number of hydrogen-bond acceptors (Lipinski definition) is 0. The number of halogens is 2. The third kappa shape index (κ3) is 4.70. The normalized spacial score (nSPS) is 18.6. The second kappa shape index (κ2) is 10.5. The fourth-order valence-corrected chi connectivity index (χ4v) is 11.9. The molecule has 0 N–H and O–H groups in total. The Morgan fingerprint density at radius 3 is 2.17 bits per heavy atom. The summed E-state index contributed by atoms with van der Waals surface area (Å²) in [4.78, 5) is 0. The van der Waals surface area contributed by atoms with Crippen LogP contribution in [-0.4, -0.2) is 11.3 Å². The molecule has 30 heavy (non-hydrogen) atoms. The number of benzene rings is 2. The third-order valence-corrected chi connectivity index (χ3v) is 12.5. The first-order chi connectivity index (χ1) is 13.4. The standard InChI is InChI=1S/C15H20P.C11H11.2ClH.Ti/c1-11(2)16(12(3)4)15-9-13-7-5-6-8-14(13)10-15;1-8-6-7-9(2)11-5-3-4-10(8)11;;;/h5-12H,1-4H3;3-7H,1-2H3;2*1H;/q;;;;+2/p-2. The average molecular weight is 493 g/mol. The van der Waals surface area contributed by atoms with Gasteiger partial charge in [0, 0.05) is 0 Å². The van der Waals surface area contributed by atoms with Crippen molar-refractivity contribution in [1.82, 2.24) is 0 Å². The molecule has 0 spiro atoms. The van der Waals surface area contributed by atoms with Gasteiger partial charge in [-0.1, -0.05) is 0 Å². The zero-order chi connectivity index (χ0) is 20.0. The maximum atomic E-state index is 2.58. The fourth-order valence-electron chi connectivity index (χ4n) is 4.99. The molecule has 0 saturated carbocycles. The molecule has 0 nitrogen and oxygen atoms in total. The van der Waals surface area contributed by atoms with E-state index in [2.05, 4.69) is 96.2 Å². The van der Waals surface area contributed by atoms with Gasteiger partial charge in [0.2, 0.25) is 0 Å². The van der Waals surface area contributed by atoms with E-state index in [9.17, 15) is 0 Å². The van der Waals surface area contributed by atoms with Crippen molar-refractivity contribution < 1.29 is 44.0 Å². The number of aryl methyl sites for hydroxylation is 2. The van der Waals surface area contributed by atoms with E-state index in [1.54, 1.807) is 16.4 Å². The molecule has 2 aromatic carbocycles. The van der Waals surface area contributed by atoms with Gasteiger partial charge in [-0.2, -0.15) is 0 Å². The molecule has 0 fully saturated rings. The second-order valence-corrected chi connectivity index (χ2v) is 14.5. The Morgan fingerprint density at radius 1 is 0.867 bits per heavy atom. The van der Waals surface area contributed by atoms with E-state index in [0.717, 1.165) is 11.3 Å². The van der Waals surface area contributed by atoms with Gasteiger partial charge in [-0.3, -0.25) is 0 Å². The molecule has 2 aliphatic rings. The van der Waals surface area contributed by atoms with Crippen molar-refractivity contribution in [1.29, 1.82) is 0 Å². The summed E-state index contributed by atoms with van der Waals surface area (Å²) in [5.41, 5.74) is 10.6. The van der Waals surface area contributed by atoms with Crippen molar-refractivity contribution in [3.63, 3.8) is 0 Å². The molecular formula is C26H31Cl2PTi. The number of rotatable bonds is 5. The minimum atomic E-state index is -0.225. The van der Waals surface area contributed by atoms with Gasteiger partial charge in [-0.05, 0) is 0 Å². The Kier molecular flexibility index (Phi) is 9.07. The van der Waals surface area contributed by atoms with E-state index in [-0.39, 0.29) is 51.9 Å². The Balaban J connectivity index is 0.00000160. The van der Waals surface area contributed by atoms with Gasteiger partial charge >= 0.3 is 182 Å². The zero-order valence-electron chi connectivity index (χ0n) is 18.7. The summed E-state index contributed by atoms with van der Waals surface area (Å²) >= 11 is -0.225. The van der Waals surface area contributed by atoms with Crippen molar-refractivity contribution in [2.75, 3.05) is 0 Å². The number of fused-ring (bicyclic) bond motifs is 2. The first kappa shape index (κ1) is 25.9. The van der Waals surface area contributed by atoms with E-state index in [0.29, 0.717) is 8.45 Å². The molecule has 2 aromatic rings. The minimum Gasteiger partial charge on any atom is -1.00 e. The number of allylic oxidation sites excluding steroid dienone is 2. The molecule has 0 bridgehead atoms. The molecule has 4 rings (SSSR count). The molecule has 0 radical (unpaired) electrons. The maximum absolute atomic E-state index is 2.58. The topological polar surface area (TPSA) is 0 Å². The molecule has 0 aromatic heterocycles. The van der Waals surface area contributed by atoms with Crippen molar-refractivity contribution >= 4 is 20.1 Å². The quantitative estimate of drug-likeness (QED) is 0.441. The van der Waals surface area contributed by atoms with Crippen molar-refractivity contribution in [3.8, 4) is 0 Å². The van der Waals surface area contributed by atoms with E-state index < -0.39 is 0 Å². The summed E-state index contributed by atoms with van der Waals surface area (Å²) in [7, 11) is -0.0986. The Bertz CT molecular complexity index is 954. The summed E-state index contributed by atoms with van der Waals surface area (Å²) in [6, 6.07) is 13.8. The Morgan fingerprint density at radius 2 is 1.50 bits per heavy atom. The summed E-state index contributed by atoms with van der Waals surface area (Å²) in [5.74, 6) is 0. The zero-order valence-corrected chi connectivity index (χ0v) is 22.7. The van der Waals surface area contributed by atoms with Crippen LogP contribution < -0.4 is 24.8 Å². The molecule has 158 valence electrons. The minimum absolute atomic E-state index is 0. The molecule has 0 aliphatic heterocycles. The van der Waals surface area contributed by atoms with Gasteiger partial charge < -0.3 is 24.8 Å². The van der Waals surface area contributed by atoms with Gasteiger partial charge in [0.25, 0.3) is 0 Å². The second-order valence-electron chi connectivity index (χ2n) is 8.76. The predicted octanol–water partition coefficient (Wildman–Crippen LogP) is 1.86. The van der Waals surface area contributed by atoms with Crippen LogP contribution in [0.3, 0.4) is 0 Å².